The van der Waals surface area contributed by atoms with Crippen LogP contribution in [0.3, 0.4) is 0 Å². The average molecular weight is 309 g/mol. The highest BCUT2D eigenvalue weighted by Gasteiger charge is 2.21. The molecule has 0 fully saturated rings. The summed E-state index contributed by atoms with van der Waals surface area (Å²) in [5.41, 5.74) is 0.928. The van der Waals surface area contributed by atoms with Gasteiger partial charge >= 0.3 is 0 Å². The smallest absolute Gasteiger partial charge is 0.165 e. The molecule has 1 aliphatic heterocycles. The fourth-order valence-corrected chi connectivity index (χ4v) is 2.62. The number of methoxy groups -OCH3 is 2. The van der Waals surface area contributed by atoms with Gasteiger partial charge in [0.2, 0.25) is 0 Å². The van der Waals surface area contributed by atoms with E-state index in [1.807, 2.05) is 12.1 Å². The summed E-state index contributed by atoms with van der Waals surface area (Å²) in [6.45, 7) is 8.22. The maximum absolute atomic E-state index is 5.64. The van der Waals surface area contributed by atoms with Crippen LogP contribution >= 0.6 is 0 Å². The molecule has 5 heteroatoms. The van der Waals surface area contributed by atoms with Crippen LogP contribution in [0.4, 0.5) is 0 Å². The van der Waals surface area contributed by atoms with E-state index >= 15 is 0 Å². The topological polar surface area (TPSA) is 49.0 Å². The summed E-state index contributed by atoms with van der Waals surface area (Å²) >= 11 is 0. The van der Waals surface area contributed by atoms with Gasteiger partial charge in [0.15, 0.2) is 11.5 Å². The van der Waals surface area contributed by atoms with Crippen molar-refractivity contribution in [1.82, 2.24) is 5.32 Å². The molecule has 0 saturated heterocycles. The van der Waals surface area contributed by atoms with Gasteiger partial charge in [0.05, 0.1) is 12.7 Å². The van der Waals surface area contributed by atoms with Crippen LogP contribution in [0.25, 0.3) is 0 Å². The normalized spacial score (nSPS) is 15.5. The van der Waals surface area contributed by atoms with Crippen molar-refractivity contribution in [1.29, 1.82) is 0 Å². The van der Waals surface area contributed by atoms with Crippen molar-refractivity contribution in [3.63, 3.8) is 0 Å². The van der Waals surface area contributed by atoms with Crippen molar-refractivity contribution < 1.29 is 18.9 Å². The van der Waals surface area contributed by atoms with Gasteiger partial charge in [0, 0.05) is 31.3 Å². The Kier molecular flexibility index (Phi) is 5.53. The number of benzene rings is 1. The summed E-state index contributed by atoms with van der Waals surface area (Å²) in [5.74, 6) is 2.35. The summed E-state index contributed by atoms with van der Waals surface area (Å²) in [5, 5.41) is 3.51. The third kappa shape index (κ3) is 4.27. The van der Waals surface area contributed by atoms with Gasteiger partial charge in [-0.15, -0.1) is 0 Å². The number of hydrogen-bond acceptors (Lipinski definition) is 5. The molecule has 5 nitrogen and oxygen atoms in total. The summed E-state index contributed by atoms with van der Waals surface area (Å²) in [4.78, 5) is 0. The maximum atomic E-state index is 5.64. The Morgan fingerprint density at radius 1 is 1.18 bits per heavy atom. The molecule has 2 rings (SSSR count). The molecule has 1 aliphatic rings. The lowest BCUT2D eigenvalue weighted by Gasteiger charge is -2.27. The number of fused-ring (bicyclic) bond motifs is 1. The molecule has 0 aliphatic carbocycles. The van der Waals surface area contributed by atoms with Crippen molar-refractivity contribution in [3.8, 4) is 17.2 Å². The zero-order chi connectivity index (χ0) is 16.2. The predicted octanol–water partition coefficient (Wildman–Crippen LogP) is 2.76. The standard InChI is InChI=1S/C17H27NO4/c1-12(10-17(2,3)20-5)18-11-13-8-15-16(9-14(13)19-4)22-7-6-21-15/h8-9,12,18H,6-7,10-11H2,1-5H3/t12-/m0/s1. The van der Waals surface area contributed by atoms with E-state index in [0.29, 0.717) is 25.8 Å². The summed E-state index contributed by atoms with van der Waals surface area (Å²) in [7, 11) is 3.42. The predicted molar refractivity (Wildman–Crippen MR) is 86.0 cm³/mol. The molecule has 124 valence electrons. The zero-order valence-corrected chi connectivity index (χ0v) is 14.2. The van der Waals surface area contributed by atoms with Crippen molar-refractivity contribution in [3.05, 3.63) is 17.7 Å². The minimum absolute atomic E-state index is 0.136. The lowest BCUT2D eigenvalue weighted by Crippen LogP contribution is -2.35. The molecule has 1 aromatic rings. The van der Waals surface area contributed by atoms with Crippen LogP contribution in [-0.2, 0) is 11.3 Å². The minimum atomic E-state index is -0.136. The SMILES string of the molecule is COc1cc2c(cc1CN[C@@H](C)CC(C)(C)OC)OCCO2. The van der Waals surface area contributed by atoms with Gasteiger partial charge in [-0.1, -0.05) is 0 Å². The molecule has 1 heterocycles. The minimum Gasteiger partial charge on any atom is -0.496 e. The highest BCUT2D eigenvalue weighted by atomic mass is 16.6. The van der Waals surface area contributed by atoms with Gasteiger partial charge in [0.1, 0.15) is 19.0 Å². The average Bonchev–Trinajstić information content (AvgIpc) is 2.51. The first-order valence-electron chi connectivity index (χ1n) is 7.70. The third-order valence-corrected chi connectivity index (χ3v) is 3.94. The number of nitrogens with one attached hydrogen (secondary N) is 1. The largest absolute Gasteiger partial charge is 0.496 e. The molecule has 1 aromatic carbocycles. The highest BCUT2D eigenvalue weighted by molar-refractivity contribution is 5.51. The molecule has 0 radical (unpaired) electrons. The van der Waals surface area contributed by atoms with E-state index in [0.717, 1.165) is 29.2 Å². The van der Waals surface area contributed by atoms with Crippen LogP contribution in [0.15, 0.2) is 12.1 Å². The number of hydrogen-bond donors (Lipinski definition) is 1. The van der Waals surface area contributed by atoms with Crippen molar-refractivity contribution >= 4 is 0 Å². The lowest BCUT2D eigenvalue weighted by atomic mass is 9.99. The Morgan fingerprint density at radius 3 is 2.41 bits per heavy atom. The molecule has 0 amide bonds. The van der Waals surface area contributed by atoms with E-state index in [1.165, 1.54) is 0 Å². The zero-order valence-electron chi connectivity index (χ0n) is 14.2. The van der Waals surface area contributed by atoms with Gasteiger partial charge in [-0.05, 0) is 33.3 Å². The molecule has 0 bridgehead atoms. The number of ether oxygens (including phenoxy) is 4. The molecule has 0 saturated carbocycles. The van der Waals surface area contributed by atoms with E-state index < -0.39 is 0 Å². The number of rotatable bonds is 7. The van der Waals surface area contributed by atoms with Crippen LogP contribution in [0, 0.1) is 0 Å². The fourth-order valence-electron chi connectivity index (χ4n) is 2.62. The molecule has 22 heavy (non-hydrogen) atoms. The molecule has 1 N–H and O–H groups in total. The van der Waals surface area contributed by atoms with Crippen LogP contribution in [0.2, 0.25) is 0 Å². The van der Waals surface area contributed by atoms with Crippen molar-refractivity contribution in [2.75, 3.05) is 27.4 Å². The second-order valence-electron chi connectivity index (χ2n) is 6.26. The van der Waals surface area contributed by atoms with E-state index in [2.05, 4.69) is 26.1 Å². The van der Waals surface area contributed by atoms with E-state index in [-0.39, 0.29) is 5.60 Å². The van der Waals surface area contributed by atoms with Gasteiger partial charge in [-0.3, -0.25) is 0 Å². The van der Waals surface area contributed by atoms with Crippen LogP contribution < -0.4 is 19.5 Å². The molecule has 0 aromatic heterocycles. The fraction of sp³-hybridized carbons (Fsp3) is 0.647. The first-order valence-corrected chi connectivity index (χ1v) is 7.70. The van der Waals surface area contributed by atoms with Crippen LogP contribution in [0.1, 0.15) is 32.8 Å². The van der Waals surface area contributed by atoms with E-state index in [9.17, 15) is 0 Å². The Bertz CT molecular complexity index is 502. The third-order valence-electron chi connectivity index (χ3n) is 3.94. The van der Waals surface area contributed by atoms with Gasteiger partial charge in [-0.2, -0.15) is 0 Å². The summed E-state index contributed by atoms with van der Waals surface area (Å²) in [6, 6.07) is 4.22. The maximum Gasteiger partial charge on any atom is 0.165 e. The second kappa shape index (κ2) is 7.20. The molecular weight excluding hydrogens is 282 g/mol. The van der Waals surface area contributed by atoms with Gasteiger partial charge < -0.3 is 24.3 Å². The summed E-state index contributed by atoms with van der Waals surface area (Å²) < 4.78 is 22.2. The van der Waals surface area contributed by atoms with Crippen LogP contribution in [0.5, 0.6) is 17.2 Å². The first-order chi connectivity index (χ1) is 10.4. The Balaban J connectivity index is 2.03. The Morgan fingerprint density at radius 2 is 1.82 bits per heavy atom. The first kappa shape index (κ1) is 16.9. The van der Waals surface area contributed by atoms with Crippen LogP contribution in [-0.4, -0.2) is 39.1 Å². The molecule has 0 unspecified atom stereocenters. The quantitative estimate of drug-likeness (QED) is 0.839. The summed E-state index contributed by atoms with van der Waals surface area (Å²) in [6.07, 6.45) is 0.927. The Hall–Kier alpha value is -1.46. The lowest BCUT2D eigenvalue weighted by molar-refractivity contribution is 0.00843. The molecule has 1 atom stereocenters. The Labute approximate surface area is 132 Å². The molecular formula is C17H27NO4. The highest BCUT2D eigenvalue weighted by Crippen LogP contribution is 2.36. The van der Waals surface area contributed by atoms with E-state index in [1.54, 1.807) is 14.2 Å². The second-order valence-corrected chi connectivity index (χ2v) is 6.26. The van der Waals surface area contributed by atoms with E-state index in [4.69, 9.17) is 18.9 Å². The van der Waals surface area contributed by atoms with Gasteiger partial charge in [-0.25, -0.2) is 0 Å². The van der Waals surface area contributed by atoms with Gasteiger partial charge in [0.25, 0.3) is 0 Å². The van der Waals surface area contributed by atoms with Crippen molar-refractivity contribution in [2.24, 2.45) is 0 Å². The van der Waals surface area contributed by atoms with Crippen molar-refractivity contribution in [2.45, 2.75) is 45.4 Å². The molecule has 0 spiro atoms. The monoisotopic (exact) mass is 309 g/mol.